The van der Waals surface area contributed by atoms with E-state index in [0.29, 0.717) is 13.1 Å². The number of piperidine rings is 1. The number of hydrogen-bond acceptors (Lipinski definition) is 4. The maximum atomic E-state index is 12.4. The van der Waals surface area contributed by atoms with Gasteiger partial charge in [-0.1, -0.05) is 18.2 Å². The summed E-state index contributed by atoms with van der Waals surface area (Å²) in [6.45, 7) is 1.40. The summed E-state index contributed by atoms with van der Waals surface area (Å²) < 4.78 is 7.29. The molecule has 3 aromatic rings. The van der Waals surface area contributed by atoms with Crippen molar-refractivity contribution in [3.63, 3.8) is 0 Å². The lowest BCUT2D eigenvalue weighted by molar-refractivity contribution is -0.133. The summed E-state index contributed by atoms with van der Waals surface area (Å²) in [6.07, 6.45) is 3.29. The Balaban J connectivity index is 1.40. The zero-order valence-corrected chi connectivity index (χ0v) is 13.8. The van der Waals surface area contributed by atoms with Crippen LogP contribution in [0, 0.1) is 0 Å². The van der Waals surface area contributed by atoms with Crippen LogP contribution in [-0.2, 0) is 11.3 Å². The third-order valence-electron chi connectivity index (χ3n) is 4.71. The van der Waals surface area contributed by atoms with E-state index in [2.05, 4.69) is 4.98 Å². The Morgan fingerprint density at radius 2 is 1.88 bits per heavy atom. The Labute approximate surface area is 144 Å². The van der Waals surface area contributed by atoms with Crippen LogP contribution in [0.3, 0.4) is 0 Å². The molecule has 6 nitrogen and oxygen atoms in total. The minimum atomic E-state index is -0.155. The number of rotatable bonds is 3. The first kappa shape index (κ1) is 15.6. The molecule has 25 heavy (non-hydrogen) atoms. The largest absolute Gasteiger partial charge is 0.440 e. The van der Waals surface area contributed by atoms with Crippen LogP contribution in [0.2, 0.25) is 0 Å². The van der Waals surface area contributed by atoms with Gasteiger partial charge in [-0.2, -0.15) is 0 Å². The predicted molar refractivity (Wildman–Crippen MR) is 93.3 cm³/mol. The fourth-order valence-electron chi connectivity index (χ4n) is 3.28. The molecule has 6 heteroatoms. The van der Waals surface area contributed by atoms with Gasteiger partial charge in [0, 0.05) is 31.3 Å². The van der Waals surface area contributed by atoms with Crippen LogP contribution in [-0.4, -0.2) is 33.4 Å². The van der Waals surface area contributed by atoms with Crippen molar-refractivity contribution >= 4 is 17.0 Å². The van der Waals surface area contributed by atoms with Gasteiger partial charge < -0.3 is 13.9 Å². The molecule has 1 aliphatic rings. The van der Waals surface area contributed by atoms with E-state index in [0.717, 1.165) is 29.8 Å². The second kappa shape index (κ2) is 6.55. The van der Waals surface area contributed by atoms with Gasteiger partial charge in [0.15, 0.2) is 11.5 Å². The predicted octanol–water partition coefficient (Wildman–Crippen LogP) is 2.40. The number of nitrogens with zero attached hydrogens (tertiary/aromatic N) is 3. The van der Waals surface area contributed by atoms with Gasteiger partial charge in [-0.3, -0.25) is 9.59 Å². The van der Waals surface area contributed by atoms with E-state index in [4.69, 9.17) is 4.42 Å². The highest BCUT2D eigenvalue weighted by Gasteiger charge is 2.27. The Morgan fingerprint density at radius 3 is 2.64 bits per heavy atom. The number of benzene rings is 1. The lowest BCUT2D eigenvalue weighted by atomic mass is 9.97. The smallest absolute Gasteiger partial charge is 0.250 e. The van der Waals surface area contributed by atoms with Gasteiger partial charge in [0.2, 0.25) is 5.91 Å². The molecule has 1 fully saturated rings. The zero-order valence-electron chi connectivity index (χ0n) is 13.8. The number of hydrogen-bond donors (Lipinski definition) is 0. The average Bonchev–Trinajstić information content (AvgIpc) is 3.08. The summed E-state index contributed by atoms with van der Waals surface area (Å²) in [6, 6.07) is 12.6. The van der Waals surface area contributed by atoms with Crippen LogP contribution in [0.15, 0.2) is 57.9 Å². The van der Waals surface area contributed by atoms with Crippen molar-refractivity contribution in [2.45, 2.75) is 25.3 Å². The van der Waals surface area contributed by atoms with E-state index in [9.17, 15) is 9.59 Å². The zero-order chi connectivity index (χ0) is 17.2. The SMILES string of the molecule is O=C(Cn1ccccc1=O)N1CCC(c2nc3ccccc3o2)CC1. The third kappa shape index (κ3) is 3.20. The minimum Gasteiger partial charge on any atom is -0.440 e. The summed E-state index contributed by atoms with van der Waals surface area (Å²) in [4.78, 5) is 30.6. The van der Waals surface area contributed by atoms with Gasteiger partial charge in [0.1, 0.15) is 12.1 Å². The topological polar surface area (TPSA) is 68.3 Å². The molecule has 0 saturated carbocycles. The number of aromatic nitrogens is 2. The van der Waals surface area contributed by atoms with Crippen molar-refractivity contribution in [1.29, 1.82) is 0 Å². The van der Waals surface area contributed by atoms with Crippen molar-refractivity contribution in [3.8, 4) is 0 Å². The molecule has 1 amide bonds. The number of para-hydroxylation sites is 2. The number of oxazole rings is 1. The van der Waals surface area contributed by atoms with E-state index in [1.807, 2.05) is 29.2 Å². The van der Waals surface area contributed by atoms with Gasteiger partial charge in [-0.15, -0.1) is 0 Å². The van der Waals surface area contributed by atoms with E-state index >= 15 is 0 Å². The molecule has 0 atom stereocenters. The highest BCUT2D eigenvalue weighted by molar-refractivity contribution is 5.76. The third-order valence-corrected chi connectivity index (χ3v) is 4.71. The Hall–Kier alpha value is -2.89. The van der Waals surface area contributed by atoms with E-state index in [-0.39, 0.29) is 23.9 Å². The van der Waals surface area contributed by atoms with E-state index in [1.54, 1.807) is 18.3 Å². The van der Waals surface area contributed by atoms with Crippen LogP contribution >= 0.6 is 0 Å². The molecule has 0 radical (unpaired) electrons. The number of pyridine rings is 1. The fraction of sp³-hybridized carbons (Fsp3) is 0.316. The first-order valence-electron chi connectivity index (χ1n) is 8.49. The molecule has 4 rings (SSSR count). The monoisotopic (exact) mass is 337 g/mol. The molecule has 0 bridgehead atoms. The molecule has 0 spiro atoms. The maximum absolute atomic E-state index is 12.4. The van der Waals surface area contributed by atoms with Crippen LogP contribution in [0.5, 0.6) is 0 Å². The second-order valence-corrected chi connectivity index (χ2v) is 6.34. The minimum absolute atomic E-state index is 0.0238. The van der Waals surface area contributed by atoms with Crippen molar-refractivity contribution in [2.75, 3.05) is 13.1 Å². The summed E-state index contributed by atoms with van der Waals surface area (Å²) in [7, 11) is 0. The molecule has 0 aliphatic carbocycles. The van der Waals surface area contributed by atoms with Crippen LogP contribution in [0.4, 0.5) is 0 Å². The maximum Gasteiger partial charge on any atom is 0.250 e. The Kier molecular flexibility index (Phi) is 4.09. The number of carbonyl (C=O) groups excluding carboxylic acids is 1. The normalized spacial score (nSPS) is 15.6. The summed E-state index contributed by atoms with van der Waals surface area (Å²) in [5, 5.41) is 0. The first-order chi connectivity index (χ1) is 12.2. The molecular formula is C19H19N3O3. The average molecular weight is 337 g/mol. The van der Waals surface area contributed by atoms with Crippen LogP contribution in [0.1, 0.15) is 24.7 Å². The number of carbonyl (C=O) groups is 1. The molecular weight excluding hydrogens is 318 g/mol. The summed E-state index contributed by atoms with van der Waals surface area (Å²) in [5.74, 6) is 0.966. The Bertz CT molecular complexity index is 918. The van der Waals surface area contributed by atoms with Crippen LogP contribution in [0.25, 0.3) is 11.1 Å². The lowest BCUT2D eigenvalue weighted by Gasteiger charge is -2.30. The van der Waals surface area contributed by atoms with Gasteiger partial charge in [-0.25, -0.2) is 4.98 Å². The quantitative estimate of drug-likeness (QED) is 0.736. The number of fused-ring (bicyclic) bond motifs is 1. The molecule has 1 aromatic carbocycles. The highest BCUT2D eigenvalue weighted by atomic mass is 16.3. The molecule has 3 heterocycles. The fourth-order valence-corrected chi connectivity index (χ4v) is 3.28. The van der Waals surface area contributed by atoms with Gasteiger partial charge in [0.25, 0.3) is 5.56 Å². The number of likely N-dealkylation sites (tertiary alicyclic amines) is 1. The van der Waals surface area contributed by atoms with Crippen molar-refractivity contribution in [3.05, 3.63) is 64.9 Å². The molecule has 1 saturated heterocycles. The van der Waals surface area contributed by atoms with Gasteiger partial charge in [-0.05, 0) is 31.0 Å². The van der Waals surface area contributed by atoms with Gasteiger partial charge in [0.05, 0.1) is 0 Å². The van der Waals surface area contributed by atoms with Crippen molar-refractivity contribution in [1.82, 2.24) is 14.5 Å². The molecule has 1 aliphatic heterocycles. The Morgan fingerprint density at radius 1 is 1.12 bits per heavy atom. The van der Waals surface area contributed by atoms with Gasteiger partial charge >= 0.3 is 0 Å². The van der Waals surface area contributed by atoms with Crippen molar-refractivity contribution < 1.29 is 9.21 Å². The first-order valence-corrected chi connectivity index (χ1v) is 8.49. The van der Waals surface area contributed by atoms with Crippen molar-refractivity contribution in [2.24, 2.45) is 0 Å². The second-order valence-electron chi connectivity index (χ2n) is 6.34. The molecule has 2 aromatic heterocycles. The molecule has 0 unspecified atom stereocenters. The molecule has 128 valence electrons. The standard InChI is InChI=1S/C19H19N3O3/c23-17-7-3-4-10-22(17)13-18(24)21-11-8-14(9-12-21)19-20-15-5-1-2-6-16(15)25-19/h1-7,10,14H,8-9,11-13H2. The molecule has 0 N–H and O–H groups in total. The lowest BCUT2D eigenvalue weighted by Crippen LogP contribution is -2.41. The van der Waals surface area contributed by atoms with E-state index in [1.165, 1.54) is 10.6 Å². The summed E-state index contributed by atoms with van der Waals surface area (Å²) >= 11 is 0. The van der Waals surface area contributed by atoms with E-state index < -0.39 is 0 Å². The highest BCUT2D eigenvalue weighted by Crippen LogP contribution is 2.29. The summed E-state index contributed by atoms with van der Waals surface area (Å²) in [5.41, 5.74) is 1.52. The van der Waals surface area contributed by atoms with Crippen LogP contribution < -0.4 is 5.56 Å². The number of amides is 1.